The number of benzene rings is 1. The van der Waals surface area contributed by atoms with Crippen LogP contribution in [0.2, 0.25) is 5.02 Å². The molecule has 0 spiro atoms. The van der Waals surface area contributed by atoms with E-state index < -0.39 is 5.60 Å². The van der Waals surface area contributed by atoms with Crippen molar-refractivity contribution >= 4 is 17.5 Å². The molecule has 0 aliphatic heterocycles. The minimum absolute atomic E-state index is 0.187. The van der Waals surface area contributed by atoms with E-state index >= 15 is 0 Å². The minimum atomic E-state index is -0.650. The Morgan fingerprint density at radius 2 is 2.19 bits per heavy atom. The molecule has 4 nitrogen and oxygen atoms in total. The Balaban J connectivity index is 2.10. The summed E-state index contributed by atoms with van der Waals surface area (Å²) in [5.74, 6) is -0.187. The molecule has 1 N–H and O–H groups in total. The molecule has 0 aliphatic carbocycles. The maximum atomic E-state index is 12.1. The Morgan fingerprint density at radius 3 is 2.81 bits per heavy atom. The summed E-state index contributed by atoms with van der Waals surface area (Å²) in [4.78, 5) is 16.0. The molecule has 0 radical (unpaired) electrons. The highest BCUT2D eigenvalue weighted by atomic mass is 35.5. The average molecular weight is 305 g/mol. The average Bonchev–Trinajstić information content (AvgIpc) is 2.53. The van der Waals surface area contributed by atoms with Gasteiger partial charge in [-0.15, -0.1) is 0 Å². The van der Waals surface area contributed by atoms with Gasteiger partial charge < -0.3 is 10.1 Å². The van der Waals surface area contributed by atoms with E-state index in [-0.39, 0.29) is 5.91 Å². The second-order valence-corrected chi connectivity index (χ2v) is 5.31. The Hall–Kier alpha value is -1.91. The highest BCUT2D eigenvalue weighted by molar-refractivity contribution is 6.30. The number of pyridine rings is 1. The zero-order valence-corrected chi connectivity index (χ0v) is 12.7. The van der Waals surface area contributed by atoms with Crippen LogP contribution in [-0.2, 0) is 10.3 Å². The summed E-state index contributed by atoms with van der Waals surface area (Å²) in [5, 5.41) is 3.50. The van der Waals surface area contributed by atoms with Crippen LogP contribution in [-0.4, -0.2) is 24.5 Å². The summed E-state index contributed by atoms with van der Waals surface area (Å²) in [6, 6.07) is 10.9. The Labute approximate surface area is 129 Å². The first kappa shape index (κ1) is 15.5. The number of carbonyl (C=O) groups excluding carboxylic acids is 1. The fourth-order valence-electron chi connectivity index (χ4n) is 1.96. The molecular formula is C16H17ClN2O2. The quantitative estimate of drug-likeness (QED) is 0.924. The first-order valence-corrected chi connectivity index (χ1v) is 6.92. The van der Waals surface area contributed by atoms with Crippen LogP contribution in [0.5, 0.6) is 0 Å². The number of rotatable bonds is 5. The van der Waals surface area contributed by atoms with Gasteiger partial charge in [0.2, 0.25) is 0 Å². The van der Waals surface area contributed by atoms with Gasteiger partial charge in [0.05, 0.1) is 12.1 Å². The largest absolute Gasteiger partial charge is 0.372 e. The second-order valence-electron chi connectivity index (χ2n) is 4.87. The Bertz CT molecular complexity index is 619. The van der Waals surface area contributed by atoms with Gasteiger partial charge in [-0.3, -0.25) is 9.78 Å². The van der Waals surface area contributed by atoms with Gasteiger partial charge in [0.25, 0.3) is 5.91 Å². The summed E-state index contributed by atoms with van der Waals surface area (Å²) in [6.45, 7) is 2.24. The number of aromatic nitrogens is 1. The molecule has 2 rings (SSSR count). The predicted molar refractivity (Wildman–Crippen MR) is 82.4 cm³/mol. The van der Waals surface area contributed by atoms with E-state index in [2.05, 4.69) is 10.3 Å². The monoisotopic (exact) mass is 304 g/mol. The molecule has 0 saturated carbocycles. The second kappa shape index (κ2) is 6.70. The number of carbonyl (C=O) groups is 1. The molecule has 1 unspecified atom stereocenters. The number of methoxy groups -OCH3 is 1. The standard InChI is InChI=1S/C16H17ClN2O2/c1-16(21-2,13-6-3-7-14(17)9-13)11-19-15(20)12-5-4-8-18-10-12/h3-10H,11H2,1-2H3,(H,19,20). The van der Waals surface area contributed by atoms with Crippen molar-refractivity contribution in [1.82, 2.24) is 10.3 Å². The molecule has 5 heteroatoms. The van der Waals surface area contributed by atoms with E-state index in [0.29, 0.717) is 17.1 Å². The van der Waals surface area contributed by atoms with Crippen LogP contribution in [0.3, 0.4) is 0 Å². The molecule has 1 aromatic heterocycles. The Kier molecular flexibility index (Phi) is 4.94. The third-order valence-electron chi connectivity index (χ3n) is 3.40. The van der Waals surface area contributed by atoms with Crippen molar-refractivity contribution in [2.75, 3.05) is 13.7 Å². The van der Waals surface area contributed by atoms with E-state index in [9.17, 15) is 4.79 Å². The van der Waals surface area contributed by atoms with Gasteiger partial charge in [-0.25, -0.2) is 0 Å². The molecule has 0 saturated heterocycles. The molecular weight excluding hydrogens is 288 g/mol. The molecule has 21 heavy (non-hydrogen) atoms. The third-order valence-corrected chi connectivity index (χ3v) is 3.63. The van der Waals surface area contributed by atoms with Gasteiger partial charge in [0.1, 0.15) is 5.60 Å². The molecule has 110 valence electrons. The van der Waals surface area contributed by atoms with Gasteiger partial charge in [0.15, 0.2) is 0 Å². The maximum absolute atomic E-state index is 12.1. The summed E-state index contributed by atoms with van der Waals surface area (Å²) in [7, 11) is 1.61. The van der Waals surface area contributed by atoms with Crippen molar-refractivity contribution in [3.8, 4) is 0 Å². The fraction of sp³-hybridized carbons (Fsp3) is 0.250. The van der Waals surface area contributed by atoms with Crippen LogP contribution in [0.15, 0.2) is 48.8 Å². The molecule has 1 amide bonds. The van der Waals surface area contributed by atoms with Gasteiger partial charge in [-0.2, -0.15) is 0 Å². The number of nitrogens with one attached hydrogen (secondary N) is 1. The molecule has 2 aromatic rings. The fourth-order valence-corrected chi connectivity index (χ4v) is 2.15. The first-order chi connectivity index (χ1) is 10.0. The maximum Gasteiger partial charge on any atom is 0.252 e. The van der Waals surface area contributed by atoms with Gasteiger partial charge in [-0.05, 0) is 36.8 Å². The topological polar surface area (TPSA) is 51.2 Å². The summed E-state index contributed by atoms with van der Waals surface area (Å²) < 4.78 is 5.58. The number of amides is 1. The lowest BCUT2D eigenvalue weighted by atomic mass is 9.95. The number of ether oxygens (including phenoxy) is 1. The van der Waals surface area contributed by atoms with E-state index in [4.69, 9.17) is 16.3 Å². The van der Waals surface area contributed by atoms with Crippen molar-refractivity contribution in [3.63, 3.8) is 0 Å². The number of hydrogen-bond donors (Lipinski definition) is 1. The van der Waals surface area contributed by atoms with Crippen LogP contribution in [0.1, 0.15) is 22.8 Å². The number of hydrogen-bond acceptors (Lipinski definition) is 3. The van der Waals surface area contributed by atoms with Crippen molar-refractivity contribution in [2.24, 2.45) is 0 Å². The number of halogens is 1. The zero-order chi connectivity index (χ0) is 15.3. The van der Waals surface area contributed by atoms with E-state index in [1.165, 1.54) is 6.20 Å². The highest BCUT2D eigenvalue weighted by Gasteiger charge is 2.27. The van der Waals surface area contributed by atoms with Crippen LogP contribution in [0.25, 0.3) is 0 Å². The summed E-state index contributed by atoms with van der Waals surface area (Å²) in [6.07, 6.45) is 3.15. The summed E-state index contributed by atoms with van der Waals surface area (Å²) >= 11 is 6.02. The minimum Gasteiger partial charge on any atom is -0.372 e. The zero-order valence-electron chi connectivity index (χ0n) is 12.0. The van der Waals surface area contributed by atoms with E-state index in [1.54, 1.807) is 31.5 Å². The van der Waals surface area contributed by atoms with Gasteiger partial charge in [0, 0.05) is 24.5 Å². The highest BCUT2D eigenvalue weighted by Crippen LogP contribution is 2.26. The number of nitrogens with zero attached hydrogens (tertiary/aromatic N) is 1. The molecule has 1 heterocycles. The van der Waals surface area contributed by atoms with Crippen molar-refractivity contribution in [3.05, 3.63) is 64.9 Å². The lowest BCUT2D eigenvalue weighted by Gasteiger charge is -2.29. The molecule has 1 aromatic carbocycles. The predicted octanol–water partition coefficient (Wildman–Crippen LogP) is 3.03. The van der Waals surface area contributed by atoms with Crippen LogP contribution >= 0.6 is 11.6 Å². The van der Waals surface area contributed by atoms with Crippen molar-refractivity contribution in [1.29, 1.82) is 0 Å². The van der Waals surface area contributed by atoms with Gasteiger partial charge >= 0.3 is 0 Å². The Morgan fingerprint density at radius 1 is 1.38 bits per heavy atom. The van der Waals surface area contributed by atoms with E-state index in [1.807, 2.05) is 25.1 Å². The van der Waals surface area contributed by atoms with Gasteiger partial charge in [-0.1, -0.05) is 23.7 Å². The first-order valence-electron chi connectivity index (χ1n) is 6.54. The van der Waals surface area contributed by atoms with Crippen molar-refractivity contribution in [2.45, 2.75) is 12.5 Å². The van der Waals surface area contributed by atoms with Crippen molar-refractivity contribution < 1.29 is 9.53 Å². The molecule has 1 atom stereocenters. The van der Waals surface area contributed by atoms with Crippen LogP contribution in [0.4, 0.5) is 0 Å². The lowest BCUT2D eigenvalue weighted by molar-refractivity contribution is 0.00315. The smallest absolute Gasteiger partial charge is 0.252 e. The van der Waals surface area contributed by atoms with E-state index in [0.717, 1.165) is 5.56 Å². The normalized spacial score (nSPS) is 13.5. The molecule has 0 fully saturated rings. The third kappa shape index (κ3) is 3.80. The SMILES string of the molecule is COC(C)(CNC(=O)c1cccnc1)c1cccc(Cl)c1. The van der Waals surface area contributed by atoms with Crippen LogP contribution in [0, 0.1) is 0 Å². The molecule has 0 bridgehead atoms. The molecule has 0 aliphatic rings. The van der Waals surface area contributed by atoms with Crippen LogP contribution < -0.4 is 5.32 Å². The summed E-state index contributed by atoms with van der Waals surface area (Å²) in [5.41, 5.74) is 0.772. The lowest BCUT2D eigenvalue weighted by Crippen LogP contribution is -2.40.